The Bertz CT molecular complexity index is 485. The van der Waals surface area contributed by atoms with Crippen molar-refractivity contribution in [3.8, 4) is 0 Å². The van der Waals surface area contributed by atoms with Gasteiger partial charge in [-0.2, -0.15) is 0 Å². The second-order valence-corrected chi connectivity index (χ2v) is 8.60. The average molecular weight is 395 g/mol. The first kappa shape index (κ1) is 22.9. The number of guanidine groups is 1. The maximum Gasteiger partial charge on any atom is 0.236 e. The van der Waals surface area contributed by atoms with Crippen LogP contribution in [0, 0.1) is 0 Å². The van der Waals surface area contributed by atoms with Gasteiger partial charge in [0.05, 0.1) is 6.54 Å². The van der Waals surface area contributed by atoms with E-state index in [2.05, 4.69) is 52.7 Å². The van der Waals surface area contributed by atoms with E-state index in [1.807, 2.05) is 11.9 Å². The summed E-state index contributed by atoms with van der Waals surface area (Å²) in [5.41, 5.74) is 0. The van der Waals surface area contributed by atoms with Crippen molar-refractivity contribution in [1.82, 2.24) is 24.9 Å². The Labute approximate surface area is 172 Å². The number of carbonyl (C=O) groups is 1. The van der Waals surface area contributed by atoms with E-state index in [1.165, 1.54) is 0 Å². The van der Waals surface area contributed by atoms with Crippen LogP contribution in [-0.2, 0) is 4.79 Å². The monoisotopic (exact) mass is 394 g/mol. The molecule has 7 nitrogen and oxygen atoms in total. The highest BCUT2D eigenvalue weighted by Crippen LogP contribution is 2.10. The van der Waals surface area contributed by atoms with Gasteiger partial charge in [0.15, 0.2) is 5.96 Å². The molecular weight excluding hydrogens is 352 g/mol. The zero-order valence-corrected chi connectivity index (χ0v) is 18.8. The van der Waals surface area contributed by atoms with E-state index in [0.29, 0.717) is 24.5 Å². The van der Waals surface area contributed by atoms with Gasteiger partial charge in [0.2, 0.25) is 5.91 Å². The lowest BCUT2D eigenvalue weighted by atomic mass is 10.2. The van der Waals surface area contributed by atoms with Crippen LogP contribution < -0.4 is 5.32 Å². The minimum atomic E-state index is 0.299. The topological polar surface area (TPSA) is 54.4 Å². The fourth-order valence-corrected chi connectivity index (χ4v) is 4.28. The number of likely N-dealkylation sites (tertiary alicyclic amines) is 1. The van der Waals surface area contributed by atoms with Crippen LogP contribution in [0.15, 0.2) is 4.99 Å². The molecule has 1 amide bonds. The molecule has 0 aromatic heterocycles. The summed E-state index contributed by atoms with van der Waals surface area (Å²) in [7, 11) is 1.86. The van der Waals surface area contributed by atoms with Gasteiger partial charge in [0.25, 0.3) is 0 Å². The van der Waals surface area contributed by atoms with Crippen molar-refractivity contribution in [2.24, 2.45) is 4.99 Å². The summed E-state index contributed by atoms with van der Waals surface area (Å²) < 4.78 is 0. The lowest BCUT2D eigenvalue weighted by Gasteiger charge is -2.36. The molecule has 2 fully saturated rings. The van der Waals surface area contributed by atoms with Crippen LogP contribution in [0.1, 0.15) is 47.0 Å². The van der Waals surface area contributed by atoms with Crippen LogP contribution in [0.5, 0.6) is 0 Å². The molecule has 0 radical (unpaired) electrons. The number of aliphatic imine (C=N–C) groups is 1. The number of amides is 1. The van der Waals surface area contributed by atoms with Crippen molar-refractivity contribution in [2.75, 3.05) is 66.0 Å². The van der Waals surface area contributed by atoms with E-state index in [4.69, 9.17) is 0 Å². The summed E-state index contributed by atoms with van der Waals surface area (Å²) in [6.07, 6.45) is 3.43. The Morgan fingerprint density at radius 1 is 0.964 bits per heavy atom. The van der Waals surface area contributed by atoms with E-state index < -0.39 is 0 Å². The third-order valence-electron chi connectivity index (χ3n) is 5.90. The zero-order chi connectivity index (χ0) is 20.5. The van der Waals surface area contributed by atoms with Gasteiger partial charge >= 0.3 is 0 Å². The maximum atomic E-state index is 12.3. The van der Waals surface area contributed by atoms with E-state index in [-0.39, 0.29) is 0 Å². The van der Waals surface area contributed by atoms with E-state index in [0.717, 1.165) is 77.6 Å². The van der Waals surface area contributed by atoms with E-state index in [9.17, 15) is 4.79 Å². The van der Waals surface area contributed by atoms with E-state index in [1.54, 1.807) is 0 Å². The number of carbonyl (C=O) groups excluding carboxylic acids is 1. The van der Waals surface area contributed by atoms with Crippen molar-refractivity contribution < 1.29 is 4.79 Å². The lowest BCUT2D eigenvalue weighted by molar-refractivity contribution is -0.131. The first-order chi connectivity index (χ1) is 13.4. The first-order valence-corrected chi connectivity index (χ1v) is 11.1. The van der Waals surface area contributed by atoms with Gasteiger partial charge in [-0.25, -0.2) is 0 Å². The molecule has 0 saturated carbocycles. The highest BCUT2D eigenvalue weighted by molar-refractivity contribution is 5.80. The van der Waals surface area contributed by atoms with Crippen LogP contribution in [0.2, 0.25) is 0 Å². The summed E-state index contributed by atoms with van der Waals surface area (Å²) in [4.78, 5) is 26.0. The molecule has 0 aromatic rings. The molecule has 2 rings (SSSR count). The quantitative estimate of drug-likeness (QED) is 0.382. The van der Waals surface area contributed by atoms with Gasteiger partial charge < -0.3 is 15.1 Å². The predicted octanol–water partition coefficient (Wildman–Crippen LogP) is 1.31. The van der Waals surface area contributed by atoms with Crippen LogP contribution in [0.4, 0.5) is 0 Å². The second-order valence-electron chi connectivity index (χ2n) is 8.60. The van der Waals surface area contributed by atoms with Crippen LogP contribution >= 0.6 is 0 Å². The maximum absolute atomic E-state index is 12.3. The Kier molecular flexibility index (Phi) is 9.51. The summed E-state index contributed by atoms with van der Waals surface area (Å²) in [5, 5.41) is 3.53. The molecule has 0 aliphatic carbocycles. The molecule has 7 heteroatoms. The second kappa shape index (κ2) is 11.6. The standard InChI is InChI=1S/C21H42N6O/c1-18(2)27(19(3)4)12-8-9-23-21(22-5)26-15-13-24(14-16-26)17-20(28)25-10-6-7-11-25/h18-19H,6-17H2,1-5H3,(H,22,23). The largest absolute Gasteiger partial charge is 0.356 e. The summed E-state index contributed by atoms with van der Waals surface area (Å²) in [6, 6.07) is 1.16. The fourth-order valence-electron chi connectivity index (χ4n) is 4.28. The van der Waals surface area contributed by atoms with Gasteiger partial charge in [-0.05, 0) is 47.0 Å². The molecule has 2 heterocycles. The number of nitrogens with zero attached hydrogens (tertiary/aromatic N) is 5. The van der Waals surface area contributed by atoms with Crippen LogP contribution in [-0.4, -0.2) is 110 Å². The van der Waals surface area contributed by atoms with Gasteiger partial charge in [0, 0.05) is 71.5 Å². The minimum Gasteiger partial charge on any atom is -0.356 e. The zero-order valence-electron chi connectivity index (χ0n) is 18.8. The Morgan fingerprint density at radius 3 is 2.11 bits per heavy atom. The molecule has 28 heavy (non-hydrogen) atoms. The number of rotatable bonds is 8. The number of hydrogen-bond donors (Lipinski definition) is 1. The number of hydrogen-bond acceptors (Lipinski definition) is 4. The van der Waals surface area contributed by atoms with Gasteiger partial charge in [0.1, 0.15) is 0 Å². The molecule has 2 aliphatic heterocycles. The van der Waals surface area contributed by atoms with Crippen molar-refractivity contribution in [2.45, 2.75) is 59.0 Å². The molecule has 2 saturated heterocycles. The Balaban J connectivity index is 1.67. The molecule has 162 valence electrons. The molecule has 0 atom stereocenters. The van der Waals surface area contributed by atoms with Crippen molar-refractivity contribution in [3.05, 3.63) is 0 Å². The van der Waals surface area contributed by atoms with Crippen molar-refractivity contribution >= 4 is 11.9 Å². The number of nitrogens with one attached hydrogen (secondary N) is 1. The Hall–Kier alpha value is -1.34. The summed E-state index contributed by atoms with van der Waals surface area (Å²) >= 11 is 0. The highest BCUT2D eigenvalue weighted by atomic mass is 16.2. The fraction of sp³-hybridized carbons (Fsp3) is 0.905. The third-order valence-corrected chi connectivity index (χ3v) is 5.90. The first-order valence-electron chi connectivity index (χ1n) is 11.1. The van der Waals surface area contributed by atoms with Gasteiger partial charge in [-0.15, -0.1) is 0 Å². The van der Waals surface area contributed by atoms with Gasteiger partial charge in [-0.3, -0.25) is 19.6 Å². The third kappa shape index (κ3) is 6.92. The van der Waals surface area contributed by atoms with Crippen molar-refractivity contribution in [1.29, 1.82) is 0 Å². The molecule has 1 N–H and O–H groups in total. The molecule has 2 aliphatic rings. The molecular formula is C21H42N6O. The average Bonchev–Trinajstić information content (AvgIpc) is 3.20. The smallest absolute Gasteiger partial charge is 0.236 e. The minimum absolute atomic E-state index is 0.299. The predicted molar refractivity (Wildman–Crippen MR) is 117 cm³/mol. The SMILES string of the molecule is CN=C(NCCCN(C(C)C)C(C)C)N1CCN(CC(=O)N2CCCC2)CC1. The van der Waals surface area contributed by atoms with Gasteiger partial charge in [-0.1, -0.05) is 0 Å². The lowest BCUT2D eigenvalue weighted by Crippen LogP contribution is -2.54. The van der Waals surface area contributed by atoms with E-state index >= 15 is 0 Å². The summed E-state index contributed by atoms with van der Waals surface area (Å²) in [5.74, 6) is 1.29. The molecule has 0 aromatic carbocycles. The molecule has 0 bridgehead atoms. The van der Waals surface area contributed by atoms with Crippen LogP contribution in [0.3, 0.4) is 0 Å². The molecule has 0 unspecified atom stereocenters. The number of piperazine rings is 1. The molecule has 0 spiro atoms. The highest BCUT2D eigenvalue weighted by Gasteiger charge is 2.24. The normalized spacial score (nSPS) is 19.4. The van der Waals surface area contributed by atoms with Crippen molar-refractivity contribution in [3.63, 3.8) is 0 Å². The Morgan fingerprint density at radius 2 is 1.57 bits per heavy atom. The van der Waals surface area contributed by atoms with Crippen LogP contribution in [0.25, 0.3) is 0 Å². The summed E-state index contributed by atoms with van der Waals surface area (Å²) in [6.45, 7) is 17.3.